The molecule has 1 atom stereocenters. The third-order valence-corrected chi connectivity index (χ3v) is 9.43. The molecule has 45 heavy (non-hydrogen) atoms. The Kier molecular flexibility index (Phi) is 32.2. The molecule has 0 heterocycles. The number of ketones is 1. The van der Waals surface area contributed by atoms with Crippen molar-refractivity contribution in [2.45, 2.75) is 74.1 Å². The van der Waals surface area contributed by atoms with Crippen molar-refractivity contribution in [2.24, 2.45) is 0 Å². The molecule has 0 N–H and O–H groups in total. The van der Waals surface area contributed by atoms with E-state index in [1.54, 1.807) is 61.2 Å². The number of methoxy groups -OCH3 is 5. The Balaban J connectivity index is -0.000000639. The summed E-state index contributed by atoms with van der Waals surface area (Å²) in [6.07, 6.45) is 10.7. The summed E-state index contributed by atoms with van der Waals surface area (Å²) in [6.45, 7) is 15.8. The number of hydrogen-bond acceptors (Lipinski definition) is 12. The molecule has 1 unspecified atom stereocenters. The summed E-state index contributed by atoms with van der Waals surface area (Å²) in [4.78, 5) is 10.4. The minimum atomic E-state index is -3.09. The molecule has 0 bridgehead atoms. The summed E-state index contributed by atoms with van der Waals surface area (Å²) >= 11 is 0. The monoisotopic (exact) mass is 686 g/mol. The average Bonchev–Trinajstić information content (AvgIpc) is 2.99. The van der Waals surface area contributed by atoms with Gasteiger partial charge in [-0.1, -0.05) is 36.5 Å². The predicted octanol–water partition coefficient (Wildman–Crippen LogP) is 7.36. The third kappa shape index (κ3) is 25.5. The first-order valence-corrected chi connectivity index (χ1v) is 18.3. The highest BCUT2D eigenvalue weighted by molar-refractivity contribution is 7.54. The number of allylic oxidation sites excluding steroid dienone is 6. The van der Waals surface area contributed by atoms with Crippen LogP contribution in [0.3, 0.4) is 0 Å². The summed E-state index contributed by atoms with van der Waals surface area (Å²) < 4.78 is 69.6. The highest BCUT2D eigenvalue weighted by Crippen LogP contribution is 2.49. The molecule has 0 saturated heterocycles. The number of carbonyl (C=O) groups is 1. The van der Waals surface area contributed by atoms with Gasteiger partial charge < -0.3 is 41.8 Å². The fourth-order valence-electron chi connectivity index (χ4n) is 3.19. The van der Waals surface area contributed by atoms with Crippen LogP contribution >= 0.6 is 15.2 Å². The summed E-state index contributed by atoms with van der Waals surface area (Å²) in [7, 11) is 1.63. The molecule has 0 spiro atoms. The van der Waals surface area contributed by atoms with E-state index in [1.807, 2.05) is 45.1 Å². The van der Waals surface area contributed by atoms with E-state index in [0.29, 0.717) is 26.4 Å². The molecule has 0 radical (unpaired) electrons. The highest BCUT2D eigenvalue weighted by atomic mass is 31.2. The maximum absolute atomic E-state index is 12.2. The number of rotatable bonds is 22. The quantitative estimate of drug-likeness (QED) is 0.0487. The molecule has 0 aliphatic rings. The number of Topliss-reactive ketones (excluding diaryl/α,β-unsaturated/α-hetero) is 1. The van der Waals surface area contributed by atoms with E-state index in [-0.39, 0.29) is 30.5 Å². The van der Waals surface area contributed by atoms with Gasteiger partial charge in [0, 0.05) is 35.5 Å². The zero-order chi connectivity index (χ0) is 35.3. The minimum Gasteiger partial charge on any atom is -0.377 e. The molecule has 0 amide bonds. The highest BCUT2D eigenvalue weighted by Gasteiger charge is 2.23. The molecule has 0 aromatic rings. The van der Waals surface area contributed by atoms with Gasteiger partial charge in [0.15, 0.2) is 12.1 Å². The fourth-order valence-corrected chi connectivity index (χ4v) is 6.15. The predicted molar refractivity (Wildman–Crippen MR) is 180 cm³/mol. The van der Waals surface area contributed by atoms with Gasteiger partial charge in [-0.05, 0) is 66.5 Å². The third-order valence-electron chi connectivity index (χ3n) is 5.51. The van der Waals surface area contributed by atoms with Crippen molar-refractivity contribution in [3.8, 4) is 0 Å². The second-order valence-electron chi connectivity index (χ2n) is 9.03. The Hall–Kier alpha value is -1.27. The number of hydrogen-bond donors (Lipinski definition) is 0. The van der Waals surface area contributed by atoms with Crippen LogP contribution in [0.2, 0.25) is 0 Å². The van der Waals surface area contributed by atoms with Crippen LogP contribution in [-0.2, 0) is 55.7 Å². The molecule has 12 nitrogen and oxygen atoms in total. The maximum atomic E-state index is 12.2. The molecule has 0 fully saturated rings. The van der Waals surface area contributed by atoms with Crippen molar-refractivity contribution in [3.63, 3.8) is 0 Å². The van der Waals surface area contributed by atoms with E-state index >= 15 is 0 Å². The smallest absolute Gasteiger partial charge is 0.334 e. The Morgan fingerprint density at radius 3 is 1.16 bits per heavy atom. The topological polar surface area (TPSA) is 134 Å². The Morgan fingerprint density at radius 1 is 0.578 bits per heavy atom. The van der Waals surface area contributed by atoms with Crippen molar-refractivity contribution in [1.82, 2.24) is 0 Å². The van der Waals surface area contributed by atoms with Gasteiger partial charge in [-0.15, -0.1) is 0 Å². The fraction of sp³-hybridized carbons (Fsp3) is 0.710. The second kappa shape index (κ2) is 30.1. The van der Waals surface area contributed by atoms with Gasteiger partial charge in [0.05, 0.1) is 44.9 Å². The summed E-state index contributed by atoms with van der Waals surface area (Å²) in [5, 5.41) is 0. The second-order valence-corrected chi connectivity index (χ2v) is 13.2. The Bertz CT molecular complexity index is 900. The first-order valence-electron chi connectivity index (χ1n) is 14.8. The molecule has 0 aromatic heterocycles. The number of carbonyl (C=O) groups excluding carboxylic acids is 1. The van der Waals surface area contributed by atoms with Crippen LogP contribution in [0.15, 0.2) is 47.6 Å². The van der Waals surface area contributed by atoms with Crippen LogP contribution in [0.1, 0.15) is 55.4 Å². The maximum Gasteiger partial charge on any atom is 0.334 e. The lowest BCUT2D eigenvalue weighted by molar-refractivity contribution is -0.154. The molecule has 0 rings (SSSR count). The molecule has 266 valence electrons. The van der Waals surface area contributed by atoms with E-state index < -0.39 is 21.5 Å². The van der Waals surface area contributed by atoms with Crippen LogP contribution in [0.4, 0.5) is 0 Å². The lowest BCUT2D eigenvalue weighted by atomic mass is 10.1. The first kappa shape index (κ1) is 48.1. The van der Waals surface area contributed by atoms with Crippen molar-refractivity contribution < 1.29 is 55.7 Å². The van der Waals surface area contributed by atoms with Crippen LogP contribution in [0, 0.1) is 0 Å². The first-order chi connectivity index (χ1) is 21.2. The van der Waals surface area contributed by atoms with Gasteiger partial charge in [-0.2, -0.15) is 0 Å². The van der Waals surface area contributed by atoms with Crippen molar-refractivity contribution in [2.75, 3.05) is 74.3 Å². The summed E-state index contributed by atoms with van der Waals surface area (Å²) in [6, 6.07) is 0. The molecule has 0 aromatic carbocycles. The Labute approximate surface area is 272 Å². The van der Waals surface area contributed by atoms with E-state index in [2.05, 4.69) is 9.47 Å². The summed E-state index contributed by atoms with van der Waals surface area (Å²) in [5.74, 6) is -0.116. The van der Waals surface area contributed by atoms with Gasteiger partial charge in [0.2, 0.25) is 6.29 Å². The van der Waals surface area contributed by atoms with Gasteiger partial charge in [0.1, 0.15) is 0 Å². The zero-order valence-electron chi connectivity index (χ0n) is 29.7. The molecule has 0 aliphatic heterocycles. The Morgan fingerprint density at radius 2 is 0.911 bits per heavy atom. The van der Waals surface area contributed by atoms with Crippen molar-refractivity contribution in [1.29, 1.82) is 0 Å². The largest absolute Gasteiger partial charge is 0.377 e. The number of ether oxygens (including phenoxy) is 5. The lowest BCUT2D eigenvalue weighted by Gasteiger charge is -2.16. The van der Waals surface area contributed by atoms with Crippen LogP contribution in [-0.4, -0.2) is 98.8 Å². The lowest BCUT2D eigenvalue weighted by Crippen LogP contribution is -2.21. The summed E-state index contributed by atoms with van der Waals surface area (Å²) in [5.41, 5.74) is 2.21. The molecule has 0 aliphatic carbocycles. The normalized spacial score (nSPS) is 13.7. The van der Waals surface area contributed by atoms with Crippen molar-refractivity contribution >= 4 is 21.0 Å². The standard InChI is InChI=1S/C14H24O3.C12H26O6P2.C5H10O3/c1-11(13(3)15-4)9-7-8-10-12(2)14(16-5)17-6;1-5-15-19(13,16-6-2)11-9-10-12-20(14,17-7-3)18-8-4;1-4(6)5(7-2)8-3/h7-10,13-14H,1-6H3;9-10H,5-8,11-12H2,1-4H3;5H,1-3H3/b8-7+,11-9+,12-10+;10-9+;. The van der Waals surface area contributed by atoms with Crippen LogP contribution < -0.4 is 0 Å². The SMILES string of the molecule is CCOP(=O)(C/C=C/CP(=O)(OCC)OCC)OCC.COC(C)/C(C)=C/C=C/C=C(\C)C(OC)OC.COC(OC)C(C)=O. The van der Waals surface area contributed by atoms with E-state index in [9.17, 15) is 13.9 Å². The van der Waals surface area contributed by atoms with Gasteiger partial charge >= 0.3 is 15.2 Å². The van der Waals surface area contributed by atoms with Gasteiger partial charge in [0.25, 0.3) is 0 Å². The average molecular weight is 687 g/mol. The zero-order valence-corrected chi connectivity index (χ0v) is 31.5. The van der Waals surface area contributed by atoms with E-state index in [0.717, 1.165) is 5.57 Å². The molecule has 14 heteroatoms. The molecule has 0 saturated carbocycles. The van der Waals surface area contributed by atoms with E-state index in [1.165, 1.54) is 26.7 Å². The molecular weight excluding hydrogens is 626 g/mol. The van der Waals surface area contributed by atoms with Gasteiger partial charge in [-0.3, -0.25) is 13.9 Å². The van der Waals surface area contributed by atoms with E-state index in [4.69, 9.17) is 32.3 Å². The van der Waals surface area contributed by atoms with Gasteiger partial charge in [-0.25, -0.2) is 0 Å². The van der Waals surface area contributed by atoms with Crippen LogP contribution in [0.25, 0.3) is 0 Å². The molecular formula is C31H60O12P2. The minimum absolute atomic E-state index is 0.116. The van der Waals surface area contributed by atoms with Crippen LogP contribution in [0.5, 0.6) is 0 Å². The van der Waals surface area contributed by atoms with Crippen molar-refractivity contribution in [3.05, 3.63) is 47.6 Å².